The van der Waals surface area contributed by atoms with Crippen LogP contribution in [0.2, 0.25) is 0 Å². The van der Waals surface area contributed by atoms with Crippen LogP contribution < -0.4 is 0 Å². The van der Waals surface area contributed by atoms with Gasteiger partial charge in [0, 0.05) is 25.1 Å². The van der Waals surface area contributed by atoms with Crippen molar-refractivity contribution in [1.29, 1.82) is 0 Å². The van der Waals surface area contributed by atoms with Gasteiger partial charge in [-0.1, -0.05) is 0 Å². The van der Waals surface area contributed by atoms with Crippen molar-refractivity contribution in [2.45, 2.75) is 69.5 Å². The first-order chi connectivity index (χ1) is 11.7. The molecule has 6 atom stereocenters. The second-order valence-electron chi connectivity index (χ2n) is 8.43. The second kappa shape index (κ2) is 6.93. The minimum absolute atomic E-state index is 0.0310. The molecule has 0 aromatic heterocycles. The van der Waals surface area contributed by atoms with Crippen LogP contribution in [0.4, 0.5) is 0 Å². The molecule has 4 aliphatic rings. The molecule has 24 heavy (non-hydrogen) atoms. The van der Waals surface area contributed by atoms with Crippen molar-refractivity contribution in [2.24, 2.45) is 17.8 Å². The Labute approximate surface area is 145 Å². The van der Waals surface area contributed by atoms with Crippen LogP contribution in [0.1, 0.15) is 51.4 Å². The van der Waals surface area contributed by atoms with Crippen molar-refractivity contribution in [3.63, 3.8) is 0 Å². The first-order valence-electron chi connectivity index (χ1n) is 10.0. The molecule has 0 aromatic carbocycles. The number of aliphatic hydroxyl groups excluding tert-OH is 2. The minimum atomic E-state index is 0.0310. The van der Waals surface area contributed by atoms with Gasteiger partial charge in [-0.15, -0.1) is 0 Å². The van der Waals surface area contributed by atoms with Crippen molar-refractivity contribution in [2.75, 3.05) is 26.3 Å². The molecule has 4 fully saturated rings. The van der Waals surface area contributed by atoms with Crippen LogP contribution in [-0.2, 0) is 4.79 Å². The summed E-state index contributed by atoms with van der Waals surface area (Å²) in [5.41, 5.74) is 0. The highest BCUT2D eigenvalue weighted by Gasteiger charge is 2.55. The lowest BCUT2D eigenvalue weighted by atomic mass is 9.64. The maximum absolute atomic E-state index is 12.9. The highest BCUT2D eigenvalue weighted by atomic mass is 16.3. The normalized spacial score (nSPS) is 42.6. The first kappa shape index (κ1) is 16.8. The molecule has 0 radical (unpaired) electrons. The molecule has 0 aliphatic carbocycles. The van der Waals surface area contributed by atoms with Crippen molar-refractivity contribution in [3.8, 4) is 0 Å². The lowest BCUT2D eigenvalue weighted by molar-refractivity contribution is -0.169. The second-order valence-corrected chi connectivity index (χ2v) is 8.43. The largest absolute Gasteiger partial charge is 0.396 e. The summed E-state index contributed by atoms with van der Waals surface area (Å²) < 4.78 is 0. The zero-order chi connectivity index (χ0) is 16.7. The van der Waals surface area contributed by atoms with Crippen LogP contribution in [-0.4, -0.2) is 70.3 Å². The van der Waals surface area contributed by atoms with Gasteiger partial charge in [-0.2, -0.15) is 0 Å². The van der Waals surface area contributed by atoms with E-state index in [4.69, 9.17) is 5.11 Å². The molecule has 5 heteroatoms. The third-order valence-electron chi connectivity index (χ3n) is 7.25. The van der Waals surface area contributed by atoms with E-state index in [1.165, 1.54) is 32.4 Å². The van der Waals surface area contributed by atoms with E-state index in [0.29, 0.717) is 36.3 Å². The predicted molar refractivity (Wildman–Crippen MR) is 91.4 cm³/mol. The topological polar surface area (TPSA) is 64.0 Å². The van der Waals surface area contributed by atoms with Crippen LogP contribution in [0.25, 0.3) is 0 Å². The standard InChI is InChI=1S/C19H32N2O3/c22-9-3-4-13-10-16-14-5-1-7-20-8-2-6-15(19(14)20)17(12-23)21(16)18(24)11-13/h13-17,19,22-23H,1-12H2. The molecule has 1 amide bonds. The summed E-state index contributed by atoms with van der Waals surface area (Å²) in [6, 6.07) is 0.924. The first-order valence-corrected chi connectivity index (χ1v) is 10.0. The number of piperidine rings is 4. The Morgan fingerprint density at radius 2 is 1.83 bits per heavy atom. The molecule has 4 heterocycles. The average molecular weight is 336 g/mol. The fraction of sp³-hybridized carbons (Fsp3) is 0.947. The maximum atomic E-state index is 12.9. The van der Waals surface area contributed by atoms with Gasteiger partial charge < -0.3 is 15.1 Å². The smallest absolute Gasteiger partial charge is 0.223 e. The van der Waals surface area contributed by atoms with Gasteiger partial charge in [0.25, 0.3) is 0 Å². The zero-order valence-electron chi connectivity index (χ0n) is 14.6. The molecule has 0 saturated carbocycles. The summed E-state index contributed by atoms with van der Waals surface area (Å²) in [5.74, 6) is 1.73. The summed E-state index contributed by atoms with van der Waals surface area (Å²) in [7, 11) is 0. The van der Waals surface area contributed by atoms with E-state index >= 15 is 0 Å². The molecule has 5 nitrogen and oxygen atoms in total. The lowest BCUT2D eigenvalue weighted by Crippen LogP contribution is -2.71. The molecular formula is C19H32N2O3. The average Bonchev–Trinajstić information content (AvgIpc) is 2.61. The molecule has 0 spiro atoms. The van der Waals surface area contributed by atoms with Crippen LogP contribution >= 0.6 is 0 Å². The molecule has 2 N–H and O–H groups in total. The molecule has 4 aliphatic heterocycles. The van der Waals surface area contributed by atoms with E-state index in [0.717, 1.165) is 25.7 Å². The molecule has 0 aromatic rings. The Morgan fingerprint density at radius 3 is 2.54 bits per heavy atom. The number of amides is 1. The Bertz CT molecular complexity index is 470. The van der Waals surface area contributed by atoms with Gasteiger partial charge >= 0.3 is 0 Å². The summed E-state index contributed by atoms with van der Waals surface area (Å²) in [6.07, 6.45) is 8.29. The predicted octanol–water partition coefficient (Wildman–Crippen LogP) is 1.23. The number of fused-ring (bicyclic) bond motifs is 2. The van der Waals surface area contributed by atoms with Gasteiger partial charge in [0.15, 0.2) is 0 Å². The van der Waals surface area contributed by atoms with Crippen molar-refractivity contribution >= 4 is 5.91 Å². The maximum Gasteiger partial charge on any atom is 0.223 e. The highest BCUT2D eigenvalue weighted by molar-refractivity contribution is 5.78. The Balaban J connectivity index is 1.62. The number of nitrogens with zero attached hydrogens (tertiary/aromatic N) is 2. The van der Waals surface area contributed by atoms with Crippen molar-refractivity contribution in [1.82, 2.24) is 9.80 Å². The third kappa shape index (κ3) is 2.69. The lowest BCUT2D eigenvalue weighted by Gasteiger charge is -2.62. The van der Waals surface area contributed by atoms with Gasteiger partial charge in [-0.25, -0.2) is 0 Å². The summed E-state index contributed by atoms with van der Waals surface area (Å²) in [6.45, 7) is 2.74. The fourth-order valence-corrected chi connectivity index (χ4v) is 6.43. The number of hydrogen-bond donors (Lipinski definition) is 2. The van der Waals surface area contributed by atoms with Crippen LogP contribution in [0.15, 0.2) is 0 Å². The number of carbonyl (C=O) groups is 1. The van der Waals surface area contributed by atoms with Gasteiger partial charge in [0.1, 0.15) is 0 Å². The summed E-state index contributed by atoms with van der Waals surface area (Å²) >= 11 is 0. The van der Waals surface area contributed by atoms with Crippen LogP contribution in [0.5, 0.6) is 0 Å². The van der Waals surface area contributed by atoms with Crippen molar-refractivity contribution in [3.05, 3.63) is 0 Å². The van der Waals surface area contributed by atoms with E-state index in [1.54, 1.807) is 0 Å². The van der Waals surface area contributed by atoms with E-state index in [9.17, 15) is 9.90 Å². The monoisotopic (exact) mass is 336 g/mol. The van der Waals surface area contributed by atoms with Gasteiger partial charge in [-0.05, 0) is 75.8 Å². The number of rotatable bonds is 4. The van der Waals surface area contributed by atoms with E-state index < -0.39 is 0 Å². The third-order valence-corrected chi connectivity index (χ3v) is 7.25. The number of hydrogen-bond acceptors (Lipinski definition) is 4. The molecule has 4 rings (SSSR count). The highest BCUT2D eigenvalue weighted by Crippen LogP contribution is 2.48. The van der Waals surface area contributed by atoms with E-state index in [2.05, 4.69) is 9.80 Å². The SMILES string of the molecule is O=C1CC(CCCO)CC2C3CCCN4CCCC(C34)C(CO)N12. The Hall–Kier alpha value is -0.650. The van der Waals surface area contributed by atoms with E-state index in [-0.39, 0.29) is 25.2 Å². The van der Waals surface area contributed by atoms with Gasteiger partial charge in [0.05, 0.1) is 12.6 Å². The Kier molecular flexibility index (Phi) is 4.85. The fourth-order valence-electron chi connectivity index (χ4n) is 6.43. The van der Waals surface area contributed by atoms with Crippen LogP contribution in [0, 0.1) is 17.8 Å². The number of carbonyl (C=O) groups excluding carboxylic acids is 1. The van der Waals surface area contributed by atoms with Crippen LogP contribution in [0.3, 0.4) is 0 Å². The quantitative estimate of drug-likeness (QED) is 0.810. The Morgan fingerprint density at radius 1 is 1.08 bits per heavy atom. The molecular weight excluding hydrogens is 304 g/mol. The van der Waals surface area contributed by atoms with Crippen molar-refractivity contribution < 1.29 is 15.0 Å². The summed E-state index contributed by atoms with van der Waals surface area (Å²) in [5, 5.41) is 19.2. The van der Waals surface area contributed by atoms with Gasteiger partial charge in [-0.3, -0.25) is 9.69 Å². The number of aliphatic hydroxyl groups is 2. The molecule has 136 valence electrons. The summed E-state index contributed by atoms with van der Waals surface area (Å²) in [4.78, 5) is 17.7. The minimum Gasteiger partial charge on any atom is -0.396 e. The van der Waals surface area contributed by atoms with Gasteiger partial charge in [0.2, 0.25) is 5.91 Å². The van der Waals surface area contributed by atoms with E-state index in [1.807, 2.05) is 0 Å². The molecule has 0 bridgehead atoms. The molecule has 6 unspecified atom stereocenters. The molecule has 4 saturated heterocycles. The zero-order valence-corrected chi connectivity index (χ0v) is 14.6.